The molecular weight excluding hydrogens is 278 g/mol. The molecule has 2 aliphatic rings. The Labute approximate surface area is 131 Å². The van der Waals surface area contributed by atoms with Gasteiger partial charge in [0.25, 0.3) is 0 Å². The van der Waals surface area contributed by atoms with Crippen molar-refractivity contribution in [3.05, 3.63) is 35.9 Å². The second-order valence-electron chi connectivity index (χ2n) is 6.56. The van der Waals surface area contributed by atoms with Gasteiger partial charge in [-0.2, -0.15) is 0 Å². The third kappa shape index (κ3) is 3.16. The maximum absolute atomic E-state index is 12.7. The van der Waals surface area contributed by atoms with Crippen LogP contribution in [0.25, 0.3) is 0 Å². The monoisotopic (exact) mass is 301 g/mol. The lowest BCUT2D eigenvalue weighted by atomic mass is 10.0. The highest BCUT2D eigenvalue weighted by Crippen LogP contribution is 2.34. The molecule has 1 aromatic carbocycles. The lowest BCUT2D eigenvalue weighted by molar-refractivity contribution is -0.141. The fraction of sp³-hybridized carbons (Fsp3) is 0.556. The zero-order chi connectivity index (χ0) is 15.5. The number of likely N-dealkylation sites (tertiary alicyclic amines) is 1. The fourth-order valence-electron chi connectivity index (χ4n) is 3.89. The van der Waals surface area contributed by atoms with Gasteiger partial charge in [-0.15, -0.1) is 0 Å². The van der Waals surface area contributed by atoms with Gasteiger partial charge < -0.3 is 10.0 Å². The number of carbonyl (C=O) groups is 2. The Morgan fingerprint density at radius 1 is 1.09 bits per heavy atom. The summed E-state index contributed by atoms with van der Waals surface area (Å²) in [5.41, 5.74) is 1.27. The second-order valence-corrected chi connectivity index (χ2v) is 6.56. The summed E-state index contributed by atoms with van der Waals surface area (Å²) in [5, 5.41) is 9.10. The van der Waals surface area contributed by atoms with Crippen LogP contribution in [0.15, 0.2) is 30.3 Å². The summed E-state index contributed by atoms with van der Waals surface area (Å²) in [6.07, 6.45) is 4.89. The molecule has 0 bridgehead atoms. The highest BCUT2D eigenvalue weighted by atomic mass is 16.4. The highest BCUT2D eigenvalue weighted by molar-refractivity contribution is 5.81. The molecule has 1 aromatic rings. The number of nitrogens with zero attached hydrogens (tertiary/aromatic N) is 1. The van der Waals surface area contributed by atoms with Crippen molar-refractivity contribution in [2.75, 3.05) is 6.54 Å². The van der Waals surface area contributed by atoms with Crippen LogP contribution < -0.4 is 0 Å². The molecule has 3 atom stereocenters. The van der Waals surface area contributed by atoms with E-state index in [1.807, 2.05) is 23.1 Å². The van der Waals surface area contributed by atoms with Crippen molar-refractivity contribution in [2.45, 2.75) is 44.6 Å². The number of hydrogen-bond donors (Lipinski definition) is 1. The van der Waals surface area contributed by atoms with E-state index in [1.165, 1.54) is 5.56 Å². The van der Waals surface area contributed by atoms with Crippen LogP contribution in [-0.2, 0) is 16.0 Å². The van der Waals surface area contributed by atoms with Crippen molar-refractivity contribution >= 4 is 11.9 Å². The predicted molar refractivity (Wildman–Crippen MR) is 83.3 cm³/mol. The molecule has 1 aliphatic carbocycles. The van der Waals surface area contributed by atoms with E-state index in [4.69, 9.17) is 5.11 Å². The van der Waals surface area contributed by atoms with Crippen LogP contribution >= 0.6 is 0 Å². The molecule has 118 valence electrons. The van der Waals surface area contributed by atoms with E-state index in [1.54, 1.807) is 0 Å². The normalized spacial score (nSPS) is 28.0. The minimum absolute atomic E-state index is 0.0857. The van der Waals surface area contributed by atoms with Crippen molar-refractivity contribution in [2.24, 2.45) is 11.8 Å². The number of amides is 1. The maximum Gasteiger partial charge on any atom is 0.306 e. The molecule has 2 fully saturated rings. The van der Waals surface area contributed by atoms with Crippen molar-refractivity contribution in [1.82, 2.24) is 4.90 Å². The summed E-state index contributed by atoms with van der Waals surface area (Å²) in [5.74, 6) is -0.985. The van der Waals surface area contributed by atoms with Crippen LogP contribution in [0, 0.1) is 11.8 Å². The standard InChI is InChI=1S/C18H23NO3/c20-17(14-8-9-15(12-14)18(21)22)19-10-4-7-16(19)11-13-5-2-1-3-6-13/h1-3,5-6,14-16H,4,7-12H2,(H,21,22)/t14-,15+,16?/m0/s1. The molecule has 0 spiro atoms. The van der Waals surface area contributed by atoms with E-state index in [9.17, 15) is 9.59 Å². The van der Waals surface area contributed by atoms with E-state index >= 15 is 0 Å². The highest BCUT2D eigenvalue weighted by Gasteiger charge is 2.38. The van der Waals surface area contributed by atoms with Gasteiger partial charge in [0.1, 0.15) is 0 Å². The molecule has 1 N–H and O–H groups in total. The molecule has 4 nitrogen and oxygen atoms in total. The third-order valence-electron chi connectivity index (χ3n) is 5.11. The van der Waals surface area contributed by atoms with Crippen LogP contribution in [0.4, 0.5) is 0 Å². The first-order chi connectivity index (χ1) is 10.6. The zero-order valence-electron chi connectivity index (χ0n) is 12.8. The van der Waals surface area contributed by atoms with Crippen molar-refractivity contribution in [3.63, 3.8) is 0 Å². The second kappa shape index (κ2) is 6.51. The number of hydrogen-bond acceptors (Lipinski definition) is 2. The summed E-state index contributed by atoms with van der Waals surface area (Å²) in [6, 6.07) is 10.6. The fourth-order valence-corrected chi connectivity index (χ4v) is 3.89. The molecule has 0 aromatic heterocycles. The minimum Gasteiger partial charge on any atom is -0.481 e. The Bertz CT molecular complexity index is 543. The van der Waals surface area contributed by atoms with E-state index in [-0.39, 0.29) is 23.8 Å². The lowest BCUT2D eigenvalue weighted by Gasteiger charge is -2.27. The van der Waals surface area contributed by atoms with Crippen LogP contribution in [0.3, 0.4) is 0 Å². The minimum atomic E-state index is -0.752. The van der Waals surface area contributed by atoms with Crippen LogP contribution in [0.2, 0.25) is 0 Å². The molecule has 1 saturated heterocycles. The Balaban J connectivity index is 1.63. The van der Waals surface area contributed by atoms with Crippen LogP contribution in [0.1, 0.15) is 37.7 Å². The number of carbonyl (C=O) groups excluding carboxylic acids is 1. The molecule has 1 aliphatic heterocycles. The number of carboxylic acids is 1. The molecule has 1 unspecified atom stereocenters. The van der Waals surface area contributed by atoms with Gasteiger partial charge in [0.2, 0.25) is 5.91 Å². The van der Waals surface area contributed by atoms with Gasteiger partial charge in [-0.1, -0.05) is 30.3 Å². The Morgan fingerprint density at radius 2 is 1.82 bits per heavy atom. The quantitative estimate of drug-likeness (QED) is 0.930. The molecule has 22 heavy (non-hydrogen) atoms. The van der Waals surface area contributed by atoms with E-state index in [0.29, 0.717) is 12.8 Å². The molecule has 0 radical (unpaired) electrons. The first kappa shape index (κ1) is 15.1. The first-order valence-electron chi connectivity index (χ1n) is 8.22. The summed E-state index contributed by atoms with van der Waals surface area (Å²) >= 11 is 0. The van der Waals surface area contributed by atoms with Crippen LogP contribution in [0.5, 0.6) is 0 Å². The van der Waals surface area contributed by atoms with Gasteiger partial charge >= 0.3 is 5.97 Å². The van der Waals surface area contributed by atoms with E-state index in [0.717, 1.165) is 32.2 Å². The summed E-state index contributed by atoms with van der Waals surface area (Å²) in [6.45, 7) is 0.824. The molecule has 4 heteroatoms. The van der Waals surface area contributed by atoms with Crippen LogP contribution in [-0.4, -0.2) is 34.5 Å². The molecule has 1 amide bonds. The topological polar surface area (TPSA) is 57.6 Å². The predicted octanol–water partition coefficient (Wildman–Crippen LogP) is 2.72. The van der Waals surface area contributed by atoms with E-state index < -0.39 is 5.97 Å². The summed E-state index contributed by atoms with van der Waals surface area (Å²) in [4.78, 5) is 25.8. The number of benzene rings is 1. The Morgan fingerprint density at radius 3 is 2.50 bits per heavy atom. The Kier molecular flexibility index (Phi) is 4.46. The smallest absolute Gasteiger partial charge is 0.306 e. The van der Waals surface area contributed by atoms with Crippen molar-refractivity contribution in [3.8, 4) is 0 Å². The van der Waals surface area contributed by atoms with Gasteiger partial charge in [-0.3, -0.25) is 9.59 Å². The largest absolute Gasteiger partial charge is 0.481 e. The van der Waals surface area contributed by atoms with E-state index in [2.05, 4.69) is 12.1 Å². The van der Waals surface area contributed by atoms with Crippen molar-refractivity contribution in [1.29, 1.82) is 0 Å². The lowest BCUT2D eigenvalue weighted by Crippen LogP contribution is -2.40. The average Bonchev–Trinajstić information content (AvgIpc) is 3.17. The SMILES string of the molecule is O=C(O)[C@@H]1CC[C@H](C(=O)N2CCCC2Cc2ccccc2)C1. The Hall–Kier alpha value is -1.84. The molecule has 1 heterocycles. The van der Waals surface area contributed by atoms with Gasteiger partial charge in [0, 0.05) is 18.5 Å². The zero-order valence-corrected chi connectivity index (χ0v) is 12.8. The third-order valence-corrected chi connectivity index (χ3v) is 5.11. The number of carboxylic acid groups (broad SMARTS) is 1. The average molecular weight is 301 g/mol. The molecule has 1 saturated carbocycles. The molecule has 3 rings (SSSR count). The van der Waals surface area contributed by atoms with Gasteiger partial charge in [0.15, 0.2) is 0 Å². The maximum atomic E-state index is 12.7. The van der Waals surface area contributed by atoms with Crippen molar-refractivity contribution < 1.29 is 14.7 Å². The van der Waals surface area contributed by atoms with Gasteiger partial charge in [-0.25, -0.2) is 0 Å². The van der Waals surface area contributed by atoms with Gasteiger partial charge in [0.05, 0.1) is 5.92 Å². The summed E-state index contributed by atoms with van der Waals surface area (Å²) < 4.78 is 0. The summed E-state index contributed by atoms with van der Waals surface area (Å²) in [7, 11) is 0. The number of aliphatic carboxylic acids is 1. The molecular formula is C18H23NO3. The van der Waals surface area contributed by atoms with Gasteiger partial charge in [-0.05, 0) is 44.1 Å². The first-order valence-corrected chi connectivity index (χ1v) is 8.22. The number of rotatable bonds is 4.